The van der Waals surface area contributed by atoms with Gasteiger partial charge in [-0.25, -0.2) is 0 Å². The normalized spacial score (nSPS) is 20.9. The molecule has 4 heteroatoms. The number of piperidine rings is 1. The van der Waals surface area contributed by atoms with E-state index in [1.54, 1.807) is 0 Å². The predicted octanol–water partition coefficient (Wildman–Crippen LogP) is 3.11. The Hall–Kier alpha value is -0.420. The maximum atomic E-state index is 6.46. The van der Waals surface area contributed by atoms with Gasteiger partial charge >= 0.3 is 0 Å². The first-order valence-corrected chi connectivity index (χ1v) is 9.09. The number of thiophene rings is 1. The molecule has 2 rings (SSSR count). The smallest absolute Gasteiger partial charge is 0.0593 e. The molecule has 0 radical (unpaired) electrons. The molecule has 2 unspecified atom stereocenters. The standard InChI is InChI=1S/C17H31N3S/c1-5-15(18)16(17-13(2)8-11-21-17)20(4)12-14-6-9-19(3)10-7-14/h8,11,14-16H,5-7,9-10,12,18H2,1-4H3. The van der Waals surface area contributed by atoms with Crippen LogP contribution in [0.4, 0.5) is 0 Å². The van der Waals surface area contributed by atoms with E-state index in [1.807, 2.05) is 11.3 Å². The van der Waals surface area contributed by atoms with Gasteiger partial charge in [0.2, 0.25) is 0 Å². The van der Waals surface area contributed by atoms with E-state index < -0.39 is 0 Å². The van der Waals surface area contributed by atoms with E-state index in [0.29, 0.717) is 6.04 Å². The fraction of sp³-hybridized carbons (Fsp3) is 0.765. The molecule has 2 N–H and O–H groups in total. The number of likely N-dealkylation sites (tertiary alicyclic amines) is 1. The largest absolute Gasteiger partial charge is 0.326 e. The Morgan fingerprint density at radius 1 is 1.43 bits per heavy atom. The molecule has 0 aromatic carbocycles. The lowest BCUT2D eigenvalue weighted by Gasteiger charge is -2.37. The molecule has 0 amide bonds. The highest BCUT2D eigenvalue weighted by molar-refractivity contribution is 7.10. The fourth-order valence-electron chi connectivity index (χ4n) is 3.40. The van der Waals surface area contributed by atoms with Gasteiger partial charge in [-0.2, -0.15) is 0 Å². The molecule has 0 saturated carbocycles. The maximum Gasteiger partial charge on any atom is 0.0593 e. The highest BCUT2D eigenvalue weighted by Crippen LogP contribution is 2.32. The summed E-state index contributed by atoms with van der Waals surface area (Å²) in [6.45, 7) is 8.06. The third-order valence-electron chi connectivity index (χ3n) is 4.91. The topological polar surface area (TPSA) is 32.5 Å². The van der Waals surface area contributed by atoms with E-state index >= 15 is 0 Å². The number of nitrogens with two attached hydrogens (primary N) is 1. The molecule has 1 aliphatic rings. The van der Waals surface area contributed by atoms with E-state index in [0.717, 1.165) is 12.3 Å². The molecule has 120 valence electrons. The lowest BCUT2D eigenvalue weighted by molar-refractivity contribution is 0.138. The first-order valence-electron chi connectivity index (χ1n) is 8.21. The van der Waals surface area contributed by atoms with E-state index in [9.17, 15) is 0 Å². The Bertz CT molecular complexity index is 423. The van der Waals surface area contributed by atoms with Crippen molar-refractivity contribution in [1.29, 1.82) is 0 Å². The molecule has 2 heterocycles. The van der Waals surface area contributed by atoms with E-state index in [4.69, 9.17) is 5.73 Å². The predicted molar refractivity (Wildman–Crippen MR) is 92.9 cm³/mol. The summed E-state index contributed by atoms with van der Waals surface area (Å²) in [4.78, 5) is 6.41. The van der Waals surface area contributed by atoms with Gasteiger partial charge in [-0.1, -0.05) is 6.92 Å². The molecule has 1 saturated heterocycles. The number of nitrogens with zero attached hydrogens (tertiary/aromatic N) is 2. The van der Waals surface area contributed by atoms with E-state index in [-0.39, 0.29) is 6.04 Å². The van der Waals surface area contributed by atoms with Crippen molar-refractivity contribution >= 4 is 11.3 Å². The first kappa shape index (κ1) is 16.9. The van der Waals surface area contributed by atoms with Crippen LogP contribution >= 0.6 is 11.3 Å². The molecule has 2 atom stereocenters. The van der Waals surface area contributed by atoms with Crippen LogP contribution in [0, 0.1) is 12.8 Å². The van der Waals surface area contributed by atoms with Gasteiger partial charge in [-0.15, -0.1) is 11.3 Å². The van der Waals surface area contributed by atoms with Crippen molar-refractivity contribution in [2.45, 2.75) is 45.2 Å². The van der Waals surface area contributed by atoms with Crippen LogP contribution in [0.15, 0.2) is 11.4 Å². The zero-order valence-corrected chi connectivity index (χ0v) is 14.8. The average Bonchev–Trinajstić information content (AvgIpc) is 2.87. The average molecular weight is 310 g/mol. The summed E-state index contributed by atoms with van der Waals surface area (Å²) in [5.41, 5.74) is 7.85. The summed E-state index contributed by atoms with van der Waals surface area (Å²) in [7, 11) is 4.49. The number of aryl methyl sites for hydroxylation is 1. The van der Waals surface area contributed by atoms with E-state index in [2.05, 4.69) is 49.2 Å². The van der Waals surface area contributed by atoms with Crippen molar-refractivity contribution in [3.63, 3.8) is 0 Å². The van der Waals surface area contributed by atoms with Crippen molar-refractivity contribution < 1.29 is 0 Å². The zero-order chi connectivity index (χ0) is 15.4. The van der Waals surface area contributed by atoms with Crippen LogP contribution in [-0.4, -0.2) is 49.6 Å². The third kappa shape index (κ3) is 4.28. The number of hydrogen-bond donors (Lipinski definition) is 1. The Balaban J connectivity index is 2.04. The summed E-state index contributed by atoms with van der Waals surface area (Å²) >= 11 is 1.86. The Morgan fingerprint density at radius 2 is 2.10 bits per heavy atom. The quantitative estimate of drug-likeness (QED) is 0.876. The van der Waals surface area contributed by atoms with Crippen molar-refractivity contribution in [3.8, 4) is 0 Å². The van der Waals surface area contributed by atoms with Crippen LogP contribution in [0.2, 0.25) is 0 Å². The van der Waals surface area contributed by atoms with Gasteiger partial charge < -0.3 is 10.6 Å². The molecule has 0 spiro atoms. The van der Waals surface area contributed by atoms with Crippen LogP contribution in [-0.2, 0) is 0 Å². The summed E-state index contributed by atoms with van der Waals surface area (Å²) in [6, 6.07) is 2.81. The molecular formula is C17H31N3S. The molecule has 0 bridgehead atoms. The third-order valence-corrected chi connectivity index (χ3v) is 6.00. The lowest BCUT2D eigenvalue weighted by Crippen LogP contribution is -2.42. The Labute approximate surface area is 134 Å². The minimum Gasteiger partial charge on any atom is -0.326 e. The molecule has 1 aromatic rings. The van der Waals surface area contributed by atoms with Crippen molar-refractivity contribution in [3.05, 3.63) is 21.9 Å². The van der Waals surface area contributed by atoms with Crippen LogP contribution < -0.4 is 5.73 Å². The van der Waals surface area contributed by atoms with Crippen LogP contribution in [0.1, 0.15) is 42.7 Å². The minimum absolute atomic E-state index is 0.221. The van der Waals surface area contributed by atoms with Gasteiger partial charge in [0.1, 0.15) is 0 Å². The van der Waals surface area contributed by atoms with Gasteiger partial charge in [0, 0.05) is 17.5 Å². The SMILES string of the molecule is CCC(N)C(c1sccc1C)N(C)CC1CCN(C)CC1. The second-order valence-corrected chi connectivity index (χ2v) is 7.62. The van der Waals surface area contributed by atoms with Gasteiger partial charge in [0.25, 0.3) is 0 Å². The summed E-state index contributed by atoms with van der Waals surface area (Å²) in [6.07, 6.45) is 3.66. The van der Waals surface area contributed by atoms with Crippen molar-refractivity contribution in [1.82, 2.24) is 9.80 Å². The number of hydrogen-bond acceptors (Lipinski definition) is 4. The zero-order valence-electron chi connectivity index (χ0n) is 14.0. The maximum absolute atomic E-state index is 6.46. The second-order valence-electron chi connectivity index (χ2n) is 6.67. The van der Waals surface area contributed by atoms with Gasteiger partial charge in [0.15, 0.2) is 0 Å². The minimum atomic E-state index is 0.221. The summed E-state index contributed by atoms with van der Waals surface area (Å²) in [5.74, 6) is 0.818. The van der Waals surface area contributed by atoms with Crippen LogP contribution in [0.5, 0.6) is 0 Å². The fourth-order valence-corrected chi connectivity index (χ4v) is 4.56. The Kier molecular flexibility index (Phi) is 6.23. The molecular weight excluding hydrogens is 278 g/mol. The molecule has 1 aromatic heterocycles. The summed E-state index contributed by atoms with van der Waals surface area (Å²) in [5, 5.41) is 2.20. The number of likely N-dealkylation sites (N-methyl/N-ethyl adjacent to an activating group) is 1. The van der Waals surface area contributed by atoms with Crippen molar-refractivity contribution in [2.75, 3.05) is 33.7 Å². The van der Waals surface area contributed by atoms with Crippen molar-refractivity contribution in [2.24, 2.45) is 11.7 Å². The monoisotopic (exact) mass is 309 g/mol. The Morgan fingerprint density at radius 3 is 2.62 bits per heavy atom. The lowest BCUT2D eigenvalue weighted by atomic mass is 9.94. The molecule has 21 heavy (non-hydrogen) atoms. The first-order chi connectivity index (χ1) is 10.0. The second kappa shape index (κ2) is 7.73. The van der Waals surface area contributed by atoms with Gasteiger partial charge in [-0.05, 0) is 76.3 Å². The highest BCUT2D eigenvalue weighted by atomic mass is 32.1. The molecule has 1 aliphatic heterocycles. The molecule has 1 fully saturated rings. The molecule has 3 nitrogen and oxygen atoms in total. The summed E-state index contributed by atoms with van der Waals surface area (Å²) < 4.78 is 0. The van der Waals surface area contributed by atoms with Gasteiger partial charge in [0.05, 0.1) is 6.04 Å². The molecule has 0 aliphatic carbocycles. The van der Waals surface area contributed by atoms with Crippen LogP contribution in [0.3, 0.4) is 0 Å². The van der Waals surface area contributed by atoms with E-state index in [1.165, 1.54) is 42.9 Å². The number of rotatable bonds is 6. The highest BCUT2D eigenvalue weighted by Gasteiger charge is 2.28. The van der Waals surface area contributed by atoms with Crippen LogP contribution in [0.25, 0.3) is 0 Å². The van der Waals surface area contributed by atoms with Gasteiger partial charge in [-0.3, -0.25) is 4.90 Å².